The van der Waals surface area contributed by atoms with Crippen molar-refractivity contribution in [3.63, 3.8) is 0 Å². The summed E-state index contributed by atoms with van der Waals surface area (Å²) in [5, 5.41) is 0. The summed E-state index contributed by atoms with van der Waals surface area (Å²) in [7, 11) is 0. The number of alkyl halides is 2. The van der Waals surface area contributed by atoms with E-state index in [1.807, 2.05) is 0 Å². The molecule has 0 spiro atoms. The Morgan fingerprint density at radius 2 is 2.18 bits per heavy atom. The Labute approximate surface area is 104 Å². The molecule has 1 rings (SSSR count). The van der Waals surface area contributed by atoms with Gasteiger partial charge in [0.05, 0.1) is 6.61 Å². The molecule has 0 aromatic carbocycles. The lowest BCUT2D eigenvalue weighted by Crippen LogP contribution is -2.41. The van der Waals surface area contributed by atoms with Crippen molar-refractivity contribution in [2.45, 2.75) is 25.8 Å². The fraction of sp³-hybridized carbons (Fsp3) is 0.500. The zero-order valence-corrected chi connectivity index (χ0v) is 10.2. The number of hydrogen-bond donors (Lipinski definition) is 1. The highest BCUT2D eigenvalue weighted by Crippen LogP contribution is 2.31. The Balaban J connectivity index is 0.00000256. The molecular weight excluding hydrogens is 256 g/mol. The van der Waals surface area contributed by atoms with Crippen molar-refractivity contribution in [2.75, 3.05) is 6.61 Å². The number of halogens is 3. The van der Waals surface area contributed by atoms with E-state index < -0.39 is 17.9 Å². The normalized spacial score (nSPS) is 12.8. The third-order valence-corrected chi connectivity index (χ3v) is 2.01. The maximum atomic E-state index is 13.4. The minimum Gasteiger partial charge on any atom is -0.464 e. The molecular formula is C10H14ClF2NO3. The van der Waals surface area contributed by atoms with Crippen LogP contribution < -0.4 is 5.73 Å². The van der Waals surface area contributed by atoms with Crippen molar-refractivity contribution in [2.24, 2.45) is 5.73 Å². The predicted molar refractivity (Wildman–Crippen MR) is 59.2 cm³/mol. The molecule has 2 N–H and O–H groups in total. The van der Waals surface area contributed by atoms with Gasteiger partial charge in [0, 0.05) is 0 Å². The van der Waals surface area contributed by atoms with Crippen LogP contribution in [0, 0.1) is 6.92 Å². The Morgan fingerprint density at radius 3 is 2.59 bits per heavy atom. The second-order valence-corrected chi connectivity index (χ2v) is 3.27. The van der Waals surface area contributed by atoms with Crippen molar-refractivity contribution in [3.8, 4) is 0 Å². The summed E-state index contributed by atoms with van der Waals surface area (Å²) >= 11 is 0. The van der Waals surface area contributed by atoms with Crippen LogP contribution in [-0.4, -0.2) is 18.5 Å². The second kappa shape index (κ2) is 5.97. The fourth-order valence-corrected chi connectivity index (χ4v) is 1.15. The Morgan fingerprint density at radius 1 is 1.59 bits per heavy atom. The maximum absolute atomic E-state index is 13.4. The smallest absolute Gasteiger partial charge is 0.379 e. The maximum Gasteiger partial charge on any atom is 0.379 e. The van der Waals surface area contributed by atoms with Gasteiger partial charge in [-0.2, -0.15) is 8.78 Å². The number of furan rings is 1. The second-order valence-electron chi connectivity index (χ2n) is 3.27. The van der Waals surface area contributed by atoms with Crippen molar-refractivity contribution in [1.82, 2.24) is 0 Å². The number of aryl methyl sites for hydroxylation is 1. The van der Waals surface area contributed by atoms with Crippen molar-refractivity contribution < 1.29 is 22.7 Å². The van der Waals surface area contributed by atoms with Crippen LogP contribution in [0.15, 0.2) is 16.5 Å². The summed E-state index contributed by atoms with van der Waals surface area (Å²) in [6, 6.07) is 0.976. The number of hydrogen-bond acceptors (Lipinski definition) is 4. The molecule has 1 aromatic heterocycles. The van der Waals surface area contributed by atoms with Gasteiger partial charge in [-0.15, -0.1) is 12.4 Å². The number of carbonyl (C=O) groups excluding carboxylic acids is 1. The highest BCUT2D eigenvalue weighted by Gasteiger charge is 2.49. The summed E-state index contributed by atoms with van der Waals surface area (Å²) in [6.45, 7) is 2.91. The fourth-order valence-electron chi connectivity index (χ4n) is 1.15. The van der Waals surface area contributed by atoms with Crippen LogP contribution in [0.4, 0.5) is 8.78 Å². The van der Waals surface area contributed by atoms with E-state index in [9.17, 15) is 13.6 Å². The Bertz CT molecular complexity index is 381. The molecule has 0 aliphatic carbocycles. The minimum atomic E-state index is -3.79. The molecule has 1 atom stereocenters. The van der Waals surface area contributed by atoms with E-state index in [2.05, 4.69) is 4.74 Å². The van der Waals surface area contributed by atoms with Crippen LogP contribution >= 0.6 is 12.4 Å². The van der Waals surface area contributed by atoms with Gasteiger partial charge in [-0.3, -0.25) is 0 Å². The summed E-state index contributed by atoms with van der Waals surface area (Å²) in [6.07, 6.45) is 0. The van der Waals surface area contributed by atoms with E-state index in [-0.39, 0.29) is 24.8 Å². The molecule has 4 nitrogen and oxygen atoms in total. The molecule has 1 heterocycles. The number of nitrogens with two attached hydrogens (primary N) is 1. The van der Waals surface area contributed by atoms with Gasteiger partial charge in [0.15, 0.2) is 0 Å². The highest BCUT2D eigenvalue weighted by atomic mass is 35.5. The molecule has 98 valence electrons. The number of carbonyl (C=O) groups is 1. The number of esters is 1. The highest BCUT2D eigenvalue weighted by molar-refractivity contribution is 5.85. The van der Waals surface area contributed by atoms with Gasteiger partial charge in [0.1, 0.15) is 17.6 Å². The Kier molecular flexibility index (Phi) is 5.57. The summed E-state index contributed by atoms with van der Waals surface area (Å²) in [5.74, 6) is -5.13. The first-order valence-electron chi connectivity index (χ1n) is 4.76. The van der Waals surface area contributed by atoms with Gasteiger partial charge in [-0.05, 0) is 26.0 Å². The quantitative estimate of drug-likeness (QED) is 0.851. The van der Waals surface area contributed by atoms with Gasteiger partial charge in [0.25, 0.3) is 0 Å². The van der Waals surface area contributed by atoms with Crippen molar-refractivity contribution >= 4 is 18.4 Å². The minimum absolute atomic E-state index is 0. The van der Waals surface area contributed by atoms with Gasteiger partial charge in [-0.25, -0.2) is 4.79 Å². The topological polar surface area (TPSA) is 65.5 Å². The zero-order chi connectivity index (χ0) is 12.3. The van der Waals surface area contributed by atoms with Crippen molar-refractivity contribution in [3.05, 3.63) is 23.7 Å². The Hall–Kier alpha value is -1.14. The lowest BCUT2D eigenvalue weighted by molar-refractivity contribution is -0.175. The molecule has 0 radical (unpaired) electrons. The molecule has 0 fully saturated rings. The molecule has 0 saturated heterocycles. The summed E-state index contributed by atoms with van der Waals surface area (Å²) in [4.78, 5) is 11.0. The largest absolute Gasteiger partial charge is 0.464 e. The van der Waals surface area contributed by atoms with E-state index in [0.29, 0.717) is 5.76 Å². The molecule has 0 amide bonds. The lowest BCUT2D eigenvalue weighted by Gasteiger charge is -2.19. The van der Waals surface area contributed by atoms with E-state index in [1.54, 1.807) is 6.92 Å². The van der Waals surface area contributed by atoms with Gasteiger partial charge in [0.2, 0.25) is 0 Å². The molecule has 0 aliphatic rings. The zero-order valence-electron chi connectivity index (χ0n) is 9.41. The van der Waals surface area contributed by atoms with Crippen molar-refractivity contribution in [1.29, 1.82) is 0 Å². The molecule has 7 heteroatoms. The lowest BCUT2D eigenvalue weighted by atomic mass is 10.1. The number of rotatable bonds is 4. The SMILES string of the molecule is CCOC(=O)C(F)(F)[C@H](N)c1ccc(C)o1.Cl. The molecule has 0 saturated carbocycles. The van der Waals surface area contributed by atoms with E-state index in [4.69, 9.17) is 10.2 Å². The van der Waals surface area contributed by atoms with Crippen LogP contribution in [0.1, 0.15) is 24.5 Å². The summed E-state index contributed by atoms with van der Waals surface area (Å²) in [5.41, 5.74) is 5.27. The molecule has 0 aliphatic heterocycles. The van der Waals surface area contributed by atoms with E-state index in [1.165, 1.54) is 19.1 Å². The van der Waals surface area contributed by atoms with Crippen LogP contribution in [0.5, 0.6) is 0 Å². The predicted octanol–water partition coefficient (Wildman–Crippen LogP) is 2.21. The van der Waals surface area contributed by atoms with Crippen LogP contribution in [0.3, 0.4) is 0 Å². The average Bonchev–Trinajstić information content (AvgIpc) is 2.64. The number of ether oxygens (including phenoxy) is 1. The van der Waals surface area contributed by atoms with Gasteiger partial charge < -0.3 is 14.9 Å². The first-order valence-corrected chi connectivity index (χ1v) is 4.76. The standard InChI is InChI=1S/C10H13F2NO3.ClH/c1-3-15-9(14)10(11,12)8(13)7-5-4-6(2)16-7;/h4-5,8H,3,13H2,1-2H3;1H/t8-;/m1./s1. The van der Waals surface area contributed by atoms with Gasteiger partial charge in [-0.1, -0.05) is 0 Å². The molecule has 1 aromatic rings. The first-order chi connectivity index (χ1) is 7.39. The molecule has 0 bridgehead atoms. The van der Waals surface area contributed by atoms with E-state index in [0.717, 1.165) is 0 Å². The summed E-state index contributed by atoms with van der Waals surface area (Å²) < 4.78 is 36.1. The van der Waals surface area contributed by atoms with Crippen LogP contribution in [-0.2, 0) is 9.53 Å². The monoisotopic (exact) mass is 269 g/mol. The average molecular weight is 270 g/mol. The van der Waals surface area contributed by atoms with Crippen LogP contribution in [0.25, 0.3) is 0 Å². The third kappa shape index (κ3) is 3.41. The molecule has 17 heavy (non-hydrogen) atoms. The first kappa shape index (κ1) is 15.9. The van der Waals surface area contributed by atoms with Crippen LogP contribution in [0.2, 0.25) is 0 Å². The molecule has 0 unspecified atom stereocenters. The van der Waals surface area contributed by atoms with E-state index >= 15 is 0 Å². The van der Waals surface area contributed by atoms with Gasteiger partial charge >= 0.3 is 11.9 Å². The third-order valence-electron chi connectivity index (χ3n) is 2.01.